The van der Waals surface area contributed by atoms with E-state index in [9.17, 15) is 14.9 Å². The fourth-order valence-electron chi connectivity index (χ4n) is 1.80. The normalized spacial score (nSPS) is 10.2. The highest BCUT2D eigenvalue weighted by Gasteiger charge is 2.08. The predicted molar refractivity (Wildman–Crippen MR) is 81.6 cm³/mol. The van der Waals surface area contributed by atoms with Crippen LogP contribution in [0.15, 0.2) is 42.5 Å². The van der Waals surface area contributed by atoms with Crippen LogP contribution >= 0.6 is 11.6 Å². The molecule has 0 bridgehead atoms. The zero-order chi connectivity index (χ0) is 15.4. The number of nitro benzene ring substituents is 1. The SMILES string of the molecule is Cc1ccc(NC(=O)Cc2ccc([N+](=O)[O-])cc2)cc1Cl. The number of hydrogen-bond donors (Lipinski definition) is 1. The molecule has 6 heteroatoms. The van der Waals surface area contributed by atoms with Crippen molar-refractivity contribution in [1.29, 1.82) is 0 Å². The summed E-state index contributed by atoms with van der Waals surface area (Å²) in [6.07, 6.45) is 0.142. The van der Waals surface area contributed by atoms with E-state index in [1.165, 1.54) is 12.1 Å². The van der Waals surface area contributed by atoms with Gasteiger partial charge < -0.3 is 5.32 Å². The first-order valence-corrected chi connectivity index (χ1v) is 6.63. The molecular weight excluding hydrogens is 292 g/mol. The van der Waals surface area contributed by atoms with Crippen LogP contribution in [0.3, 0.4) is 0 Å². The number of halogens is 1. The van der Waals surface area contributed by atoms with Gasteiger partial charge in [0.15, 0.2) is 0 Å². The minimum Gasteiger partial charge on any atom is -0.326 e. The Hall–Kier alpha value is -2.40. The lowest BCUT2D eigenvalue weighted by atomic mass is 10.1. The number of non-ortho nitro benzene ring substituents is 1. The first kappa shape index (κ1) is 15.0. The molecule has 0 aliphatic rings. The molecule has 0 unspecified atom stereocenters. The number of anilines is 1. The van der Waals surface area contributed by atoms with E-state index in [1.807, 2.05) is 13.0 Å². The number of nitrogens with zero attached hydrogens (tertiary/aromatic N) is 1. The molecule has 0 atom stereocenters. The molecule has 1 N–H and O–H groups in total. The molecule has 0 radical (unpaired) electrons. The van der Waals surface area contributed by atoms with Crippen molar-refractivity contribution in [3.8, 4) is 0 Å². The largest absolute Gasteiger partial charge is 0.326 e. The van der Waals surface area contributed by atoms with Crippen molar-refractivity contribution >= 4 is 28.9 Å². The van der Waals surface area contributed by atoms with Crippen LogP contribution in [0, 0.1) is 17.0 Å². The Kier molecular flexibility index (Phi) is 4.55. The minimum absolute atomic E-state index is 0.00414. The predicted octanol–water partition coefficient (Wildman–Crippen LogP) is 3.74. The Balaban J connectivity index is 2.01. The van der Waals surface area contributed by atoms with Crippen molar-refractivity contribution in [2.45, 2.75) is 13.3 Å². The molecule has 0 aliphatic carbocycles. The highest BCUT2D eigenvalue weighted by molar-refractivity contribution is 6.31. The van der Waals surface area contributed by atoms with Gasteiger partial charge in [0.05, 0.1) is 11.3 Å². The van der Waals surface area contributed by atoms with E-state index in [4.69, 9.17) is 11.6 Å². The van der Waals surface area contributed by atoms with Crippen LogP contribution in [0.2, 0.25) is 5.02 Å². The van der Waals surface area contributed by atoms with Gasteiger partial charge in [-0.2, -0.15) is 0 Å². The fraction of sp³-hybridized carbons (Fsp3) is 0.133. The molecule has 0 saturated carbocycles. The molecule has 2 rings (SSSR count). The topological polar surface area (TPSA) is 72.2 Å². The molecule has 0 fully saturated rings. The van der Waals surface area contributed by atoms with Crippen LogP contribution in [0.1, 0.15) is 11.1 Å². The number of amides is 1. The highest BCUT2D eigenvalue weighted by atomic mass is 35.5. The second-order valence-corrected chi connectivity index (χ2v) is 5.02. The van der Waals surface area contributed by atoms with Crippen LogP contribution in [0.5, 0.6) is 0 Å². The van der Waals surface area contributed by atoms with Crippen molar-refractivity contribution in [3.05, 3.63) is 68.7 Å². The third-order valence-corrected chi connectivity index (χ3v) is 3.37. The van der Waals surface area contributed by atoms with Crippen molar-refractivity contribution < 1.29 is 9.72 Å². The number of nitrogens with one attached hydrogen (secondary N) is 1. The lowest BCUT2D eigenvalue weighted by Crippen LogP contribution is -2.14. The maximum absolute atomic E-state index is 11.9. The maximum Gasteiger partial charge on any atom is 0.269 e. The number of aryl methyl sites for hydroxylation is 1. The molecule has 0 aliphatic heterocycles. The summed E-state index contributed by atoms with van der Waals surface area (Å²) in [5, 5.41) is 13.9. The Morgan fingerprint density at radius 3 is 2.48 bits per heavy atom. The Morgan fingerprint density at radius 2 is 1.90 bits per heavy atom. The molecule has 1 amide bonds. The zero-order valence-corrected chi connectivity index (χ0v) is 12.1. The second-order valence-electron chi connectivity index (χ2n) is 4.61. The molecule has 21 heavy (non-hydrogen) atoms. The zero-order valence-electron chi connectivity index (χ0n) is 11.3. The summed E-state index contributed by atoms with van der Waals surface area (Å²) >= 11 is 5.99. The van der Waals surface area contributed by atoms with E-state index in [1.54, 1.807) is 24.3 Å². The number of rotatable bonds is 4. The van der Waals surface area contributed by atoms with Crippen LogP contribution in [0.25, 0.3) is 0 Å². The number of hydrogen-bond acceptors (Lipinski definition) is 3. The van der Waals surface area contributed by atoms with Gasteiger partial charge >= 0.3 is 0 Å². The summed E-state index contributed by atoms with van der Waals surface area (Å²) in [5.74, 6) is -0.205. The van der Waals surface area contributed by atoms with E-state index in [-0.39, 0.29) is 18.0 Å². The first-order valence-electron chi connectivity index (χ1n) is 6.25. The molecule has 0 aromatic heterocycles. The molecular formula is C15H13ClN2O3. The average Bonchev–Trinajstić information content (AvgIpc) is 2.43. The summed E-state index contributed by atoms with van der Waals surface area (Å²) in [4.78, 5) is 22.0. The van der Waals surface area contributed by atoms with Crippen LogP contribution in [-0.4, -0.2) is 10.8 Å². The lowest BCUT2D eigenvalue weighted by molar-refractivity contribution is -0.384. The third-order valence-electron chi connectivity index (χ3n) is 2.97. The molecule has 108 valence electrons. The number of carbonyl (C=O) groups excluding carboxylic acids is 1. The van der Waals surface area contributed by atoms with Crippen molar-refractivity contribution in [2.24, 2.45) is 0 Å². The van der Waals surface area contributed by atoms with E-state index in [2.05, 4.69) is 5.32 Å². The molecule has 0 heterocycles. The summed E-state index contributed by atoms with van der Waals surface area (Å²) in [6.45, 7) is 1.88. The molecule has 0 saturated heterocycles. The van der Waals surface area contributed by atoms with Gasteiger partial charge in [-0.3, -0.25) is 14.9 Å². The molecule has 0 spiro atoms. The van der Waals surface area contributed by atoms with Crippen molar-refractivity contribution in [3.63, 3.8) is 0 Å². The van der Waals surface area contributed by atoms with E-state index in [0.29, 0.717) is 16.3 Å². The quantitative estimate of drug-likeness (QED) is 0.691. The summed E-state index contributed by atoms with van der Waals surface area (Å²) in [6, 6.07) is 11.2. The van der Waals surface area contributed by atoms with Gasteiger partial charge in [-0.1, -0.05) is 29.8 Å². The number of nitro groups is 1. The second kappa shape index (κ2) is 6.37. The van der Waals surface area contributed by atoms with E-state index in [0.717, 1.165) is 5.56 Å². The van der Waals surface area contributed by atoms with Gasteiger partial charge in [0.2, 0.25) is 5.91 Å². The van der Waals surface area contributed by atoms with Crippen LogP contribution < -0.4 is 5.32 Å². The van der Waals surface area contributed by atoms with E-state index < -0.39 is 4.92 Å². The van der Waals surface area contributed by atoms with Gasteiger partial charge in [-0.15, -0.1) is 0 Å². The van der Waals surface area contributed by atoms with Crippen LogP contribution in [-0.2, 0) is 11.2 Å². The Morgan fingerprint density at radius 1 is 1.24 bits per heavy atom. The standard InChI is InChI=1S/C15H13ClN2O3/c1-10-2-5-12(9-14(10)16)17-15(19)8-11-3-6-13(7-4-11)18(20)21/h2-7,9H,8H2,1H3,(H,17,19). The molecule has 5 nitrogen and oxygen atoms in total. The van der Waals surface area contributed by atoms with Gasteiger partial charge in [-0.05, 0) is 30.2 Å². The maximum atomic E-state index is 11.9. The summed E-state index contributed by atoms with van der Waals surface area (Å²) in [5.41, 5.74) is 2.27. The molecule has 2 aromatic rings. The number of carbonyl (C=O) groups is 1. The minimum atomic E-state index is -0.474. The van der Waals surface area contributed by atoms with Crippen molar-refractivity contribution in [1.82, 2.24) is 0 Å². The van der Waals surface area contributed by atoms with Crippen molar-refractivity contribution in [2.75, 3.05) is 5.32 Å². The number of benzene rings is 2. The fourth-order valence-corrected chi connectivity index (χ4v) is 1.98. The lowest BCUT2D eigenvalue weighted by Gasteiger charge is -2.07. The highest BCUT2D eigenvalue weighted by Crippen LogP contribution is 2.20. The third kappa shape index (κ3) is 4.03. The summed E-state index contributed by atoms with van der Waals surface area (Å²) in [7, 11) is 0. The van der Waals surface area contributed by atoms with Gasteiger partial charge in [0.1, 0.15) is 0 Å². The average molecular weight is 305 g/mol. The van der Waals surface area contributed by atoms with E-state index >= 15 is 0 Å². The molecule has 2 aromatic carbocycles. The van der Waals surface area contributed by atoms with Gasteiger partial charge in [0, 0.05) is 22.8 Å². The van der Waals surface area contributed by atoms with Crippen LogP contribution in [0.4, 0.5) is 11.4 Å². The first-order chi connectivity index (χ1) is 9.95. The Labute approximate surface area is 126 Å². The smallest absolute Gasteiger partial charge is 0.269 e. The Bertz CT molecular complexity index is 684. The summed E-state index contributed by atoms with van der Waals surface area (Å²) < 4.78 is 0. The monoisotopic (exact) mass is 304 g/mol. The van der Waals surface area contributed by atoms with Gasteiger partial charge in [-0.25, -0.2) is 0 Å². The van der Waals surface area contributed by atoms with Gasteiger partial charge in [0.25, 0.3) is 5.69 Å².